The number of nitrogens with zero attached hydrogens (tertiary/aromatic N) is 5. The van der Waals surface area contributed by atoms with Crippen molar-refractivity contribution < 1.29 is 10.0 Å². The maximum atomic E-state index is 12.7. The smallest absolute Gasteiger partial charge is 0.281 e. The van der Waals surface area contributed by atoms with Gasteiger partial charge in [-0.1, -0.05) is 18.5 Å². The largest absolute Gasteiger partial charge is 0.493 e. The Morgan fingerprint density at radius 1 is 1.44 bits per heavy atom. The Labute approximate surface area is 159 Å². The molecule has 2 aromatic rings. The Kier molecular flexibility index (Phi) is 5.92. The van der Waals surface area contributed by atoms with Crippen LogP contribution in [0.1, 0.15) is 37.4 Å². The van der Waals surface area contributed by atoms with E-state index in [-0.39, 0.29) is 39.3 Å². The topological polar surface area (TPSA) is 134 Å². The zero-order chi connectivity index (χ0) is 20.3. The molecule has 0 spiro atoms. The van der Waals surface area contributed by atoms with Crippen molar-refractivity contribution in [1.82, 2.24) is 4.57 Å². The molecule has 0 saturated carbocycles. The number of non-ortho nitro benzene ring substituents is 1. The zero-order valence-corrected chi connectivity index (χ0v) is 15.6. The minimum absolute atomic E-state index is 0.00728. The summed E-state index contributed by atoms with van der Waals surface area (Å²) in [4.78, 5) is 22.9. The SMILES string of the molecule is CCC(C)n1c(O)c(C#N)c(C)c(N=Nc2ccc([N+](=O)[O-])cc2Cl)c1=O. The van der Waals surface area contributed by atoms with Gasteiger partial charge in [-0.25, -0.2) is 0 Å². The van der Waals surface area contributed by atoms with E-state index in [1.54, 1.807) is 6.92 Å². The highest BCUT2D eigenvalue weighted by Gasteiger charge is 2.21. The average Bonchev–Trinajstić information content (AvgIpc) is 2.62. The summed E-state index contributed by atoms with van der Waals surface area (Å²) in [5.74, 6) is -0.415. The molecule has 1 aromatic heterocycles. The van der Waals surface area contributed by atoms with E-state index in [1.165, 1.54) is 19.1 Å². The number of hydrogen-bond donors (Lipinski definition) is 1. The van der Waals surface area contributed by atoms with Crippen LogP contribution < -0.4 is 5.56 Å². The summed E-state index contributed by atoms with van der Waals surface area (Å²) < 4.78 is 1.09. The molecule has 9 nitrogen and oxygen atoms in total. The normalized spacial score (nSPS) is 12.1. The fraction of sp³-hybridized carbons (Fsp3) is 0.294. The first-order valence-electron chi connectivity index (χ1n) is 7.96. The Hall–Kier alpha value is -3.25. The number of aromatic hydroxyl groups is 1. The van der Waals surface area contributed by atoms with Crippen molar-refractivity contribution in [2.45, 2.75) is 33.2 Å². The fourth-order valence-corrected chi connectivity index (χ4v) is 2.63. The molecule has 0 bridgehead atoms. The van der Waals surface area contributed by atoms with Crippen LogP contribution in [0.4, 0.5) is 17.1 Å². The third-order valence-corrected chi connectivity index (χ3v) is 4.45. The van der Waals surface area contributed by atoms with Crippen LogP contribution in [0.15, 0.2) is 33.2 Å². The maximum Gasteiger partial charge on any atom is 0.281 e. The molecule has 10 heteroatoms. The highest BCUT2D eigenvalue weighted by Crippen LogP contribution is 2.32. The van der Waals surface area contributed by atoms with Gasteiger partial charge in [0, 0.05) is 23.7 Å². The molecule has 1 atom stereocenters. The number of pyridine rings is 1. The zero-order valence-electron chi connectivity index (χ0n) is 14.8. The van der Waals surface area contributed by atoms with E-state index in [2.05, 4.69) is 10.2 Å². The first-order valence-corrected chi connectivity index (χ1v) is 8.34. The molecular weight excluding hydrogens is 374 g/mol. The van der Waals surface area contributed by atoms with Gasteiger partial charge in [0.2, 0.25) is 5.88 Å². The summed E-state index contributed by atoms with van der Waals surface area (Å²) in [5, 5.41) is 38.2. The van der Waals surface area contributed by atoms with Crippen LogP contribution in [-0.4, -0.2) is 14.6 Å². The Bertz CT molecular complexity index is 1040. The molecule has 27 heavy (non-hydrogen) atoms. The predicted molar refractivity (Wildman–Crippen MR) is 99.1 cm³/mol. The second-order valence-electron chi connectivity index (χ2n) is 5.81. The molecule has 140 valence electrons. The summed E-state index contributed by atoms with van der Waals surface area (Å²) in [7, 11) is 0. The maximum absolute atomic E-state index is 12.7. The third kappa shape index (κ3) is 3.80. The van der Waals surface area contributed by atoms with Gasteiger partial charge in [0.15, 0.2) is 5.69 Å². The van der Waals surface area contributed by atoms with E-state index in [0.717, 1.165) is 10.6 Å². The van der Waals surface area contributed by atoms with Gasteiger partial charge in [-0.3, -0.25) is 19.5 Å². The van der Waals surface area contributed by atoms with Crippen molar-refractivity contribution in [3.63, 3.8) is 0 Å². The number of aromatic nitrogens is 1. The van der Waals surface area contributed by atoms with Crippen LogP contribution in [-0.2, 0) is 0 Å². The van der Waals surface area contributed by atoms with Crippen LogP contribution in [0.3, 0.4) is 0 Å². The van der Waals surface area contributed by atoms with Gasteiger partial charge in [-0.05, 0) is 26.3 Å². The van der Waals surface area contributed by atoms with Crippen LogP contribution in [0, 0.1) is 28.4 Å². The molecule has 1 aromatic carbocycles. The van der Waals surface area contributed by atoms with E-state index in [9.17, 15) is 25.3 Å². The molecular formula is C17H16ClN5O4. The minimum atomic E-state index is -0.597. The van der Waals surface area contributed by atoms with E-state index >= 15 is 0 Å². The summed E-state index contributed by atoms with van der Waals surface area (Å²) >= 11 is 5.97. The van der Waals surface area contributed by atoms with Crippen molar-refractivity contribution in [3.8, 4) is 11.9 Å². The number of nitro groups is 1. The van der Waals surface area contributed by atoms with Gasteiger partial charge >= 0.3 is 0 Å². The second-order valence-corrected chi connectivity index (χ2v) is 6.22. The number of benzene rings is 1. The van der Waals surface area contributed by atoms with E-state index in [4.69, 9.17) is 11.6 Å². The molecule has 0 fully saturated rings. The fourth-order valence-electron chi connectivity index (χ4n) is 2.41. The first kappa shape index (κ1) is 20.1. The number of azo groups is 1. The lowest BCUT2D eigenvalue weighted by molar-refractivity contribution is -0.384. The minimum Gasteiger partial charge on any atom is -0.493 e. The Morgan fingerprint density at radius 3 is 2.63 bits per heavy atom. The molecule has 0 aliphatic carbocycles. The lowest BCUT2D eigenvalue weighted by atomic mass is 10.1. The Morgan fingerprint density at radius 2 is 2.11 bits per heavy atom. The first-order chi connectivity index (χ1) is 12.7. The molecule has 0 aliphatic heterocycles. The van der Waals surface area contributed by atoms with Crippen molar-refractivity contribution in [1.29, 1.82) is 5.26 Å². The van der Waals surface area contributed by atoms with E-state index in [1.807, 2.05) is 13.0 Å². The number of nitro benzene ring substituents is 1. The van der Waals surface area contributed by atoms with Gasteiger partial charge in [0.25, 0.3) is 11.2 Å². The van der Waals surface area contributed by atoms with E-state index < -0.39 is 16.4 Å². The average molecular weight is 390 g/mol. The van der Waals surface area contributed by atoms with Crippen molar-refractivity contribution in [3.05, 3.63) is 54.8 Å². The molecule has 1 unspecified atom stereocenters. The monoisotopic (exact) mass is 389 g/mol. The number of hydrogen-bond acceptors (Lipinski definition) is 7. The van der Waals surface area contributed by atoms with Crippen molar-refractivity contribution >= 4 is 28.7 Å². The quantitative estimate of drug-likeness (QED) is 0.450. The van der Waals surface area contributed by atoms with Crippen LogP contribution >= 0.6 is 11.6 Å². The number of nitriles is 1. The summed E-state index contributed by atoms with van der Waals surface area (Å²) in [6, 6.07) is 5.15. The lowest BCUT2D eigenvalue weighted by Crippen LogP contribution is -2.24. The molecule has 0 amide bonds. The van der Waals surface area contributed by atoms with E-state index in [0.29, 0.717) is 6.42 Å². The van der Waals surface area contributed by atoms with Gasteiger partial charge < -0.3 is 5.11 Å². The molecule has 0 radical (unpaired) electrons. The van der Waals surface area contributed by atoms with Gasteiger partial charge in [0.1, 0.15) is 17.3 Å². The van der Waals surface area contributed by atoms with Crippen LogP contribution in [0.5, 0.6) is 5.88 Å². The molecule has 0 saturated heterocycles. The van der Waals surface area contributed by atoms with Crippen LogP contribution in [0.25, 0.3) is 0 Å². The van der Waals surface area contributed by atoms with Crippen molar-refractivity contribution in [2.75, 3.05) is 0 Å². The number of halogens is 1. The predicted octanol–water partition coefficient (Wildman–Crippen LogP) is 4.68. The molecule has 0 aliphatic rings. The lowest BCUT2D eigenvalue weighted by Gasteiger charge is -2.17. The second kappa shape index (κ2) is 7.97. The van der Waals surface area contributed by atoms with Gasteiger partial charge in [-0.15, -0.1) is 10.2 Å². The summed E-state index contributed by atoms with van der Waals surface area (Å²) in [5.41, 5.74) is -0.674. The molecule has 1 N–H and O–H groups in total. The highest BCUT2D eigenvalue weighted by atomic mass is 35.5. The Balaban J connectivity index is 2.63. The molecule has 2 rings (SSSR count). The third-order valence-electron chi connectivity index (χ3n) is 4.15. The summed E-state index contributed by atoms with van der Waals surface area (Å²) in [6.07, 6.45) is 0.548. The van der Waals surface area contributed by atoms with Gasteiger partial charge in [-0.2, -0.15) is 5.26 Å². The number of rotatable bonds is 5. The standard InChI is InChI=1S/C17H16ClN5O4/c1-4-9(2)22-16(24)12(8-19)10(3)15(17(22)25)21-20-14-6-5-11(23(26)27)7-13(14)18/h5-7,9,24H,4H2,1-3H3. The van der Waals surface area contributed by atoms with Crippen molar-refractivity contribution in [2.24, 2.45) is 10.2 Å². The van der Waals surface area contributed by atoms with Crippen LogP contribution in [0.2, 0.25) is 5.02 Å². The van der Waals surface area contributed by atoms with Gasteiger partial charge in [0.05, 0.1) is 9.95 Å². The summed E-state index contributed by atoms with van der Waals surface area (Å²) in [6.45, 7) is 5.04. The molecule has 1 heterocycles. The highest BCUT2D eigenvalue weighted by molar-refractivity contribution is 6.33.